The van der Waals surface area contributed by atoms with Crippen LogP contribution in [0.5, 0.6) is 0 Å². The van der Waals surface area contributed by atoms with Crippen molar-refractivity contribution in [2.45, 2.75) is 76.7 Å². The first-order valence-electron chi connectivity index (χ1n) is 9.12. The minimum atomic E-state index is -4.08. The Morgan fingerprint density at radius 2 is 1.83 bits per heavy atom. The molecule has 24 heavy (non-hydrogen) atoms. The number of carbonyl (C=O) groups excluding carboxylic acids is 1. The highest BCUT2D eigenvalue weighted by Crippen LogP contribution is 2.22. The zero-order valence-corrected chi connectivity index (χ0v) is 14.7. The van der Waals surface area contributed by atoms with Crippen molar-refractivity contribution in [1.29, 1.82) is 0 Å². The molecule has 0 aromatic carbocycles. The average molecular weight is 349 g/mol. The molecule has 2 aliphatic heterocycles. The summed E-state index contributed by atoms with van der Waals surface area (Å²) in [5.74, 6) is 0.154. The summed E-state index contributed by atoms with van der Waals surface area (Å²) in [6.07, 6.45) is 0.0870. The van der Waals surface area contributed by atoms with E-state index in [2.05, 4.69) is 12.2 Å². The summed E-state index contributed by atoms with van der Waals surface area (Å²) < 4.78 is 36.8. The average Bonchev–Trinajstić information content (AvgIpc) is 2.53. The third-order valence-electron chi connectivity index (χ3n) is 5.24. The predicted molar refractivity (Wildman–Crippen MR) is 87.8 cm³/mol. The number of hydrogen-bond donors (Lipinski definition) is 1. The Morgan fingerprint density at radius 3 is 2.42 bits per heavy atom. The van der Waals surface area contributed by atoms with Gasteiger partial charge in [0.2, 0.25) is 5.91 Å². The Balaban J connectivity index is 1.71. The van der Waals surface area contributed by atoms with Gasteiger partial charge in [0.1, 0.15) is 0 Å². The lowest BCUT2D eigenvalue weighted by molar-refractivity contribution is -0.139. The monoisotopic (exact) mass is 349 g/mol. The molecule has 2 fully saturated rings. The first-order valence-corrected chi connectivity index (χ1v) is 9.12. The van der Waals surface area contributed by atoms with Crippen LogP contribution in [-0.2, 0) is 4.79 Å². The van der Waals surface area contributed by atoms with Gasteiger partial charge in [0.05, 0.1) is 12.5 Å². The summed E-state index contributed by atoms with van der Waals surface area (Å²) in [5, 5.41) is 3.39. The molecule has 0 unspecified atom stereocenters. The first-order chi connectivity index (χ1) is 11.3. The zero-order chi connectivity index (χ0) is 17.7. The highest BCUT2D eigenvalue weighted by molar-refractivity contribution is 5.81. The second-order valence-corrected chi connectivity index (χ2v) is 7.25. The van der Waals surface area contributed by atoms with E-state index in [-0.39, 0.29) is 24.5 Å². The smallest absolute Gasteiger partial charge is 0.339 e. The summed E-state index contributed by atoms with van der Waals surface area (Å²) in [5.41, 5.74) is 0. The number of hydrogen-bond acceptors (Lipinski definition) is 3. The van der Waals surface area contributed by atoms with Gasteiger partial charge in [0.25, 0.3) is 0 Å². The van der Waals surface area contributed by atoms with E-state index in [9.17, 15) is 18.0 Å². The van der Waals surface area contributed by atoms with Gasteiger partial charge in [-0.1, -0.05) is 0 Å². The Labute approximate surface area is 142 Å². The van der Waals surface area contributed by atoms with Crippen molar-refractivity contribution < 1.29 is 18.0 Å². The molecule has 2 atom stereocenters. The molecule has 2 saturated heterocycles. The van der Waals surface area contributed by atoms with E-state index in [1.165, 1.54) is 6.42 Å². The van der Waals surface area contributed by atoms with Crippen molar-refractivity contribution in [1.82, 2.24) is 15.1 Å². The maximum absolute atomic E-state index is 12.6. The minimum absolute atomic E-state index is 0.0794. The molecule has 0 saturated carbocycles. The topological polar surface area (TPSA) is 35.6 Å². The molecule has 0 spiro atoms. The third kappa shape index (κ3) is 5.92. The zero-order valence-electron chi connectivity index (χ0n) is 14.7. The molecule has 2 heterocycles. The Morgan fingerprint density at radius 1 is 1.17 bits per heavy atom. The third-order valence-corrected chi connectivity index (χ3v) is 5.24. The molecule has 7 heteroatoms. The molecular weight excluding hydrogens is 319 g/mol. The van der Waals surface area contributed by atoms with Crippen LogP contribution < -0.4 is 5.32 Å². The number of piperidine rings is 2. The van der Waals surface area contributed by atoms with Crippen molar-refractivity contribution >= 4 is 5.91 Å². The van der Waals surface area contributed by atoms with E-state index in [0.717, 1.165) is 32.2 Å². The molecule has 0 radical (unpaired) electrons. The van der Waals surface area contributed by atoms with Crippen molar-refractivity contribution in [3.63, 3.8) is 0 Å². The van der Waals surface area contributed by atoms with E-state index < -0.39 is 12.6 Å². The van der Waals surface area contributed by atoms with Gasteiger partial charge in [-0.15, -0.1) is 0 Å². The highest BCUT2D eigenvalue weighted by atomic mass is 19.4. The number of rotatable bonds is 5. The van der Waals surface area contributed by atoms with Crippen LogP contribution in [0.15, 0.2) is 0 Å². The second kappa shape index (κ2) is 8.52. The lowest BCUT2D eigenvalue weighted by Crippen LogP contribution is -2.54. The largest absolute Gasteiger partial charge is 0.390 e. The van der Waals surface area contributed by atoms with Crippen LogP contribution in [0.4, 0.5) is 13.2 Å². The second-order valence-electron chi connectivity index (χ2n) is 7.25. The lowest BCUT2D eigenvalue weighted by Gasteiger charge is -2.38. The van der Waals surface area contributed by atoms with Gasteiger partial charge in [-0.2, -0.15) is 13.2 Å². The van der Waals surface area contributed by atoms with E-state index in [1.807, 2.05) is 16.7 Å². The number of amides is 1. The van der Waals surface area contributed by atoms with Crippen LogP contribution in [0.25, 0.3) is 0 Å². The molecule has 2 aliphatic rings. The minimum Gasteiger partial charge on any atom is -0.339 e. The number of alkyl halides is 3. The molecule has 0 aromatic rings. The summed E-state index contributed by atoms with van der Waals surface area (Å²) in [6.45, 7) is 6.24. The van der Waals surface area contributed by atoms with Crippen LogP contribution in [0.1, 0.15) is 52.4 Å². The summed E-state index contributed by atoms with van der Waals surface area (Å²) in [4.78, 5) is 16.4. The fourth-order valence-corrected chi connectivity index (χ4v) is 3.71. The fraction of sp³-hybridized carbons (Fsp3) is 0.941. The highest BCUT2D eigenvalue weighted by Gasteiger charge is 2.31. The number of nitrogens with zero attached hydrogens (tertiary/aromatic N) is 2. The van der Waals surface area contributed by atoms with Crippen molar-refractivity contribution in [2.24, 2.45) is 0 Å². The summed E-state index contributed by atoms with van der Waals surface area (Å²) >= 11 is 0. The summed E-state index contributed by atoms with van der Waals surface area (Å²) in [7, 11) is 0. The van der Waals surface area contributed by atoms with Crippen LogP contribution in [-0.4, -0.2) is 66.2 Å². The number of carbonyl (C=O) groups is 1. The van der Waals surface area contributed by atoms with Gasteiger partial charge in [0.15, 0.2) is 0 Å². The van der Waals surface area contributed by atoms with Gasteiger partial charge in [-0.05, 0) is 59.0 Å². The van der Waals surface area contributed by atoms with Gasteiger partial charge < -0.3 is 15.1 Å². The van der Waals surface area contributed by atoms with Gasteiger partial charge in [-0.25, -0.2) is 0 Å². The maximum atomic E-state index is 12.6. The van der Waals surface area contributed by atoms with Gasteiger partial charge >= 0.3 is 6.18 Å². The van der Waals surface area contributed by atoms with Crippen molar-refractivity contribution in [3.8, 4) is 0 Å². The Hall–Kier alpha value is -0.820. The number of likely N-dealkylation sites (tertiary alicyclic amines) is 2. The van der Waals surface area contributed by atoms with E-state index >= 15 is 0 Å². The normalized spacial score (nSPS) is 25.7. The van der Waals surface area contributed by atoms with E-state index in [1.54, 1.807) is 0 Å². The van der Waals surface area contributed by atoms with Crippen LogP contribution in [0.3, 0.4) is 0 Å². The van der Waals surface area contributed by atoms with Gasteiger partial charge in [-0.3, -0.25) is 4.79 Å². The molecule has 0 bridgehead atoms. The van der Waals surface area contributed by atoms with Crippen molar-refractivity contribution in [2.75, 3.05) is 26.2 Å². The molecule has 0 aliphatic carbocycles. The quantitative estimate of drug-likeness (QED) is 0.829. The fourth-order valence-electron chi connectivity index (χ4n) is 3.71. The standard InChI is InChI=1S/C17H30F3N3O/c1-13-5-3-4-9-23(13)16(24)14(2)21-15-6-10-22(11-7-15)12-8-17(18,19)20/h13-15,21H,3-12H2,1-2H3/t13-,14+/m1/s1. The van der Waals surface area contributed by atoms with Crippen LogP contribution in [0, 0.1) is 0 Å². The lowest BCUT2D eigenvalue weighted by atomic mass is 10.0. The SMILES string of the molecule is C[C@H](NC1CCN(CCC(F)(F)F)CC1)C(=O)N1CCCC[C@H]1C. The maximum Gasteiger partial charge on any atom is 0.390 e. The van der Waals surface area contributed by atoms with Gasteiger partial charge in [0, 0.05) is 25.2 Å². The Bertz CT molecular complexity index is 408. The molecular formula is C17H30F3N3O. The number of halogens is 3. The predicted octanol–water partition coefficient (Wildman–Crippen LogP) is 2.78. The van der Waals surface area contributed by atoms with E-state index in [0.29, 0.717) is 19.1 Å². The van der Waals surface area contributed by atoms with Crippen molar-refractivity contribution in [3.05, 3.63) is 0 Å². The Kier molecular flexibility index (Phi) is 6.92. The van der Waals surface area contributed by atoms with Crippen LogP contribution in [0.2, 0.25) is 0 Å². The molecule has 1 N–H and O–H groups in total. The molecule has 4 nitrogen and oxygen atoms in total. The molecule has 0 aromatic heterocycles. The molecule has 2 rings (SSSR count). The van der Waals surface area contributed by atoms with Crippen LogP contribution >= 0.6 is 0 Å². The first kappa shape index (κ1) is 19.5. The number of nitrogens with one attached hydrogen (secondary N) is 1. The summed E-state index contributed by atoms with van der Waals surface area (Å²) in [6, 6.07) is 0.295. The molecule has 140 valence electrons. The van der Waals surface area contributed by atoms with E-state index in [4.69, 9.17) is 0 Å². The molecule has 1 amide bonds.